The number of amides is 1. The SMILES string of the molecule is Cc1c(CNC(=O)Cc2ccc(S)cc2)cnn1C. The molecule has 0 aliphatic rings. The van der Waals surface area contributed by atoms with Crippen LogP contribution in [0.15, 0.2) is 35.4 Å². The zero-order valence-corrected chi connectivity index (χ0v) is 11.9. The summed E-state index contributed by atoms with van der Waals surface area (Å²) in [5, 5.41) is 7.05. The molecule has 1 aromatic heterocycles. The van der Waals surface area contributed by atoms with Gasteiger partial charge in [0.2, 0.25) is 5.91 Å². The van der Waals surface area contributed by atoms with Crippen molar-refractivity contribution in [2.45, 2.75) is 24.8 Å². The van der Waals surface area contributed by atoms with E-state index in [1.807, 2.05) is 38.2 Å². The second kappa shape index (κ2) is 5.93. The van der Waals surface area contributed by atoms with Crippen molar-refractivity contribution in [3.63, 3.8) is 0 Å². The Bertz CT molecular complexity index is 575. The topological polar surface area (TPSA) is 46.9 Å². The first-order chi connectivity index (χ1) is 9.06. The van der Waals surface area contributed by atoms with E-state index < -0.39 is 0 Å². The lowest BCUT2D eigenvalue weighted by Gasteiger charge is -2.05. The standard InChI is InChI=1S/C14H17N3OS/c1-10-12(9-16-17(10)2)8-15-14(18)7-11-3-5-13(19)6-4-11/h3-6,9,19H,7-8H2,1-2H3,(H,15,18). The minimum Gasteiger partial charge on any atom is -0.352 e. The molecule has 19 heavy (non-hydrogen) atoms. The van der Waals surface area contributed by atoms with Gasteiger partial charge in [-0.2, -0.15) is 5.10 Å². The number of aromatic nitrogens is 2. The van der Waals surface area contributed by atoms with Crippen molar-refractivity contribution >= 4 is 18.5 Å². The molecule has 2 rings (SSSR count). The van der Waals surface area contributed by atoms with Gasteiger partial charge in [-0.25, -0.2) is 0 Å². The zero-order valence-electron chi connectivity index (χ0n) is 11.1. The predicted molar refractivity (Wildman–Crippen MR) is 77.2 cm³/mol. The largest absolute Gasteiger partial charge is 0.352 e. The minimum absolute atomic E-state index is 0.00941. The Labute approximate surface area is 118 Å². The highest BCUT2D eigenvalue weighted by Crippen LogP contribution is 2.09. The first-order valence-electron chi connectivity index (χ1n) is 6.08. The molecule has 1 aromatic carbocycles. The quantitative estimate of drug-likeness (QED) is 0.837. The highest BCUT2D eigenvalue weighted by molar-refractivity contribution is 7.80. The van der Waals surface area contributed by atoms with Gasteiger partial charge in [0.1, 0.15) is 0 Å². The lowest BCUT2D eigenvalue weighted by molar-refractivity contribution is -0.120. The molecule has 0 bridgehead atoms. The van der Waals surface area contributed by atoms with Crippen LogP contribution in [0.3, 0.4) is 0 Å². The summed E-state index contributed by atoms with van der Waals surface area (Å²) in [5.41, 5.74) is 3.10. The maximum atomic E-state index is 11.8. The summed E-state index contributed by atoms with van der Waals surface area (Å²) in [6.45, 7) is 2.50. The Morgan fingerprint density at radius 3 is 2.63 bits per heavy atom. The molecule has 0 unspecified atom stereocenters. The van der Waals surface area contributed by atoms with E-state index in [1.54, 1.807) is 10.9 Å². The Morgan fingerprint density at radius 1 is 1.37 bits per heavy atom. The molecule has 5 heteroatoms. The van der Waals surface area contributed by atoms with E-state index in [9.17, 15) is 4.79 Å². The molecular weight excluding hydrogens is 258 g/mol. The second-order valence-corrected chi connectivity index (χ2v) is 5.02. The smallest absolute Gasteiger partial charge is 0.224 e. The fourth-order valence-corrected chi connectivity index (χ4v) is 1.92. The molecule has 100 valence electrons. The van der Waals surface area contributed by atoms with Crippen molar-refractivity contribution in [1.82, 2.24) is 15.1 Å². The summed E-state index contributed by atoms with van der Waals surface area (Å²) in [4.78, 5) is 12.7. The number of hydrogen-bond acceptors (Lipinski definition) is 3. The second-order valence-electron chi connectivity index (χ2n) is 4.50. The molecule has 0 spiro atoms. The van der Waals surface area contributed by atoms with Gasteiger partial charge in [0.25, 0.3) is 0 Å². The number of aryl methyl sites for hydroxylation is 1. The predicted octanol–water partition coefficient (Wildman–Crippen LogP) is 1.88. The first kappa shape index (κ1) is 13.7. The third kappa shape index (κ3) is 3.61. The summed E-state index contributed by atoms with van der Waals surface area (Å²) < 4.78 is 1.80. The van der Waals surface area contributed by atoms with Crippen LogP contribution in [0.1, 0.15) is 16.8 Å². The fraction of sp³-hybridized carbons (Fsp3) is 0.286. The van der Waals surface area contributed by atoms with Crippen LogP contribution in [-0.4, -0.2) is 15.7 Å². The Hall–Kier alpha value is -1.75. The summed E-state index contributed by atoms with van der Waals surface area (Å²) >= 11 is 4.22. The summed E-state index contributed by atoms with van der Waals surface area (Å²) in [6, 6.07) is 7.60. The van der Waals surface area contributed by atoms with Gasteiger partial charge in [-0.05, 0) is 24.6 Å². The first-order valence-corrected chi connectivity index (χ1v) is 6.53. The van der Waals surface area contributed by atoms with Gasteiger partial charge in [-0.1, -0.05) is 12.1 Å². The Morgan fingerprint density at radius 2 is 2.05 bits per heavy atom. The Balaban J connectivity index is 1.88. The highest BCUT2D eigenvalue weighted by atomic mass is 32.1. The molecule has 0 atom stereocenters. The molecule has 0 fully saturated rings. The molecule has 1 N–H and O–H groups in total. The van der Waals surface area contributed by atoms with Crippen LogP contribution < -0.4 is 5.32 Å². The molecule has 1 amide bonds. The lowest BCUT2D eigenvalue weighted by Crippen LogP contribution is -2.24. The van der Waals surface area contributed by atoms with E-state index in [0.717, 1.165) is 21.7 Å². The third-order valence-corrected chi connectivity index (χ3v) is 3.41. The van der Waals surface area contributed by atoms with E-state index in [-0.39, 0.29) is 5.91 Å². The summed E-state index contributed by atoms with van der Waals surface area (Å²) in [6.07, 6.45) is 2.17. The molecule has 0 aliphatic carbocycles. The molecular formula is C14H17N3OS. The van der Waals surface area contributed by atoms with Crippen LogP contribution in [0.5, 0.6) is 0 Å². The van der Waals surface area contributed by atoms with Gasteiger partial charge in [-0.15, -0.1) is 12.6 Å². The number of nitrogens with zero attached hydrogens (tertiary/aromatic N) is 2. The number of rotatable bonds is 4. The normalized spacial score (nSPS) is 10.5. The fourth-order valence-electron chi connectivity index (χ4n) is 1.77. The number of hydrogen-bond donors (Lipinski definition) is 2. The number of benzene rings is 1. The number of carbonyl (C=O) groups is 1. The number of thiol groups is 1. The average molecular weight is 275 g/mol. The van der Waals surface area contributed by atoms with Gasteiger partial charge < -0.3 is 5.32 Å². The third-order valence-electron chi connectivity index (χ3n) is 3.11. The van der Waals surface area contributed by atoms with E-state index in [1.165, 1.54) is 0 Å². The van der Waals surface area contributed by atoms with Crippen molar-refractivity contribution in [1.29, 1.82) is 0 Å². The minimum atomic E-state index is 0.00941. The average Bonchev–Trinajstić information content (AvgIpc) is 2.70. The summed E-state index contributed by atoms with van der Waals surface area (Å²) in [5.74, 6) is 0.00941. The molecule has 0 radical (unpaired) electrons. The van der Waals surface area contributed by atoms with Crippen LogP contribution in [0.25, 0.3) is 0 Å². The van der Waals surface area contributed by atoms with Crippen LogP contribution in [0.2, 0.25) is 0 Å². The van der Waals surface area contributed by atoms with E-state index >= 15 is 0 Å². The summed E-state index contributed by atoms with van der Waals surface area (Å²) in [7, 11) is 1.89. The van der Waals surface area contributed by atoms with Gasteiger partial charge in [-0.3, -0.25) is 9.48 Å². The van der Waals surface area contributed by atoms with Crippen molar-refractivity contribution in [3.8, 4) is 0 Å². The number of nitrogens with one attached hydrogen (secondary N) is 1. The highest BCUT2D eigenvalue weighted by Gasteiger charge is 2.06. The Kier molecular flexibility index (Phi) is 4.27. The van der Waals surface area contributed by atoms with Crippen LogP contribution in [0, 0.1) is 6.92 Å². The van der Waals surface area contributed by atoms with Gasteiger partial charge in [0.15, 0.2) is 0 Å². The van der Waals surface area contributed by atoms with Crippen LogP contribution in [0.4, 0.5) is 0 Å². The molecule has 2 aromatic rings. The molecule has 0 aliphatic heterocycles. The van der Waals surface area contributed by atoms with E-state index in [4.69, 9.17) is 0 Å². The van der Waals surface area contributed by atoms with Crippen molar-refractivity contribution in [3.05, 3.63) is 47.3 Å². The van der Waals surface area contributed by atoms with Crippen LogP contribution >= 0.6 is 12.6 Å². The molecule has 0 saturated heterocycles. The van der Waals surface area contributed by atoms with Crippen LogP contribution in [-0.2, 0) is 24.8 Å². The van der Waals surface area contributed by atoms with Gasteiger partial charge in [0.05, 0.1) is 12.6 Å². The zero-order chi connectivity index (χ0) is 13.8. The van der Waals surface area contributed by atoms with Crippen molar-refractivity contribution in [2.24, 2.45) is 7.05 Å². The van der Waals surface area contributed by atoms with E-state index in [2.05, 4.69) is 23.0 Å². The molecule has 0 saturated carbocycles. The lowest BCUT2D eigenvalue weighted by atomic mass is 10.1. The number of carbonyl (C=O) groups excluding carboxylic acids is 1. The van der Waals surface area contributed by atoms with E-state index in [0.29, 0.717) is 13.0 Å². The monoisotopic (exact) mass is 275 g/mol. The molecule has 1 heterocycles. The maximum Gasteiger partial charge on any atom is 0.224 e. The maximum absolute atomic E-state index is 11.8. The van der Waals surface area contributed by atoms with Gasteiger partial charge in [0, 0.05) is 29.7 Å². The van der Waals surface area contributed by atoms with Crippen molar-refractivity contribution < 1.29 is 4.79 Å². The van der Waals surface area contributed by atoms with Crippen molar-refractivity contribution in [2.75, 3.05) is 0 Å². The van der Waals surface area contributed by atoms with Gasteiger partial charge >= 0.3 is 0 Å². The molecule has 4 nitrogen and oxygen atoms in total.